The minimum absolute atomic E-state index is 0.117. The lowest BCUT2D eigenvalue weighted by Gasteiger charge is -2.34. The zero-order valence-corrected chi connectivity index (χ0v) is 12.5. The molecule has 1 atom stereocenters. The Bertz CT molecular complexity index is 652. The van der Waals surface area contributed by atoms with Gasteiger partial charge in [-0.1, -0.05) is 0 Å². The van der Waals surface area contributed by atoms with Crippen LogP contribution in [-0.2, 0) is 7.05 Å². The van der Waals surface area contributed by atoms with Crippen LogP contribution in [0.5, 0.6) is 0 Å². The van der Waals surface area contributed by atoms with Crippen molar-refractivity contribution in [3.05, 3.63) is 46.8 Å². The molecule has 1 aliphatic heterocycles. The lowest BCUT2D eigenvalue weighted by molar-refractivity contribution is -0.384. The van der Waals surface area contributed by atoms with Crippen LogP contribution in [0.4, 0.5) is 17.1 Å². The zero-order valence-electron chi connectivity index (χ0n) is 12.5. The normalized spacial score (nSPS) is 18.2. The number of rotatable bonds is 4. The third-order valence-corrected chi connectivity index (χ3v) is 3.93. The summed E-state index contributed by atoms with van der Waals surface area (Å²) in [4.78, 5) is 12.6. The van der Waals surface area contributed by atoms with Crippen molar-refractivity contribution in [2.75, 3.05) is 23.3 Å². The number of benzene rings is 1. The second-order valence-corrected chi connectivity index (χ2v) is 5.61. The number of anilines is 2. The predicted molar refractivity (Wildman–Crippen MR) is 85.2 cm³/mol. The fraction of sp³-hybridized carbons (Fsp3) is 0.400. The van der Waals surface area contributed by atoms with E-state index in [4.69, 9.17) is 0 Å². The molecule has 0 radical (unpaired) electrons. The van der Waals surface area contributed by atoms with Gasteiger partial charge in [-0.25, -0.2) is 0 Å². The summed E-state index contributed by atoms with van der Waals surface area (Å²) in [5.41, 5.74) is 2.17. The van der Waals surface area contributed by atoms with Gasteiger partial charge in [0.25, 0.3) is 5.69 Å². The smallest absolute Gasteiger partial charge is 0.269 e. The molecule has 1 saturated heterocycles. The summed E-state index contributed by atoms with van der Waals surface area (Å²) < 4.78 is 1.81. The molecule has 1 fully saturated rings. The van der Waals surface area contributed by atoms with Crippen LogP contribution in [0.15, 0.2) is 36.7 Å². The van der Waals surface area contributed by atoms with E-state index in [1.807, 2.05) is 24.1 Å². The minimum atomic E-state index is -0.380. The topological polar surface area (TPSA) is 76.2 Å². The molecule has 1 aliphatic rings. The summed E-state index contributed by atoms with van der Waals surface area (Å²) in [6.45, 7) is 1.94. The zero-order chi connectivity index (χ0) is 15.5. The maximum absolute atomic E-state index is 10.7. The number of aryl methyl sites for hydroxylation is 1. The molecular formula is C15H19N5O2. The molecule has 0 unspecified atom stereocenters. The third kappa shape index (κ3) is 3.19. The first kappa shape index (κ1) is 14.4. The summed E-state index contributed by atoms with van der Waals surface area (Å²) in [6, 6.07) is 6.92. The lowest BCUT2D eigenvalue weighted by atomic mass is 10.0. The highest BCUT2D eigenvalue weighted by Crippen LogP contribution is 2.22. The molecular weight excluding hydrogens is 282 g/mol. The van der Waals surface area contributed by atoms with Gasteiger partial charge in [-0.2, -0.15) is 5.10 Å². The van der Waals surface area contributed by atoms with Gasteiger partial charge in [-0.05, 0) is 25.0 Å². The van der Waals surface area contributed by atoms with Crippen LogP contribution < -0.4 is 10.2 Å². The van der Waals surface area contributed by atoms with Gasteiger partial charge in [-0.3, -0.25) is 14.8 Å². The van der Waals surface area contributed by atoms with Crippen molar-refractivity contribution in [1.82, 2.24) is 9.78 Å². The number of nitrogens with zero attached hydrogens (tertiary/aromatic N) is 4. The van der Waals surface area contributed by atoms with Crippen LogP contribution in [0.2, 0.25) is 0 Å². The average molecular weight is 301 g/mol. The van der Waals surface area contributed by atoms with Crippen LogP contribution in [0.1, 0.15) is 12.8 Å². The molecule has 1 N–H and O–H groups in total. The van der Waals surface area contributed by atoms with Crippen LogP contribution in [0.3, 0.4) is 0 Å². The van der Waals surface area contributed by atoms with Crippen LogP contribution in [0, 0.1) is 10.1 Å². The summed E-state index contributed by atoms with van der Waals surface area (Å²) >= 11 is 0. The average Bonchev–Trinajstić information content (AvgIpc) is 2.95. The third-order valence-electron chi connectivity index (χ3n) is 3.93. The van der Waals surface area contributed by atoms with E-state index in [0.29, 0.717) is 6.04 Å². The summed E-state index contributed by atoms with van der Waals surface area (Å²) in [5, 5.41) is 18.4. The van der Waals surface area contributed by atoms with Crippen LogP contribution in [0.25, 0.3) is 0 Å². The van der Waals surface area contributed by atoms with Crippen molar-refractivity contribution in [2.24, 2.45) is 7.05 Å². The van der Waals surface area contributed by atoms with Gasteiger partial charge in [-0.15, -0.1) is 0 Å². The number of piperidine rings is 1. The van der Waals surface area contributed by atoms with Gasteiger partial charge in [0.15, 0.2) is 0 Å². The van der Waals surface area contributed by atoms with Gasteiger partial charge < -0.3 is 10.2 Å². The largest absolute Gasteiger partial charge is 0.381 e. The number of non-ortho nitro benzene ring substituents is 1. The molecule has 7 nitrogen and oxygen atoms in total. The van der Waals surface area contributed by atoms with E-state index < -0.39 is 0 Å². The molecule has 0 amide bonds. The predicted octanol–water partition coefficient (Wildman–Crippen LogP) is 2.41. The minimum Gasteiger partial charge on any atom is -0.381 e. The van der Waals surface area contributed by atoms with Crippen molar-refractivity contribution in [3.8, 4) is 0 Å². The molecule has 22 heavy (non-hydrogen) atoms. The van der Waals surface area contributed by atoms with Gasteiger partial charge in [0.05, 0.1) is 16.8 Å². The summed E-state index contributed by atoms with van der Waals surface area (Å²) in [5.74, 6) is 0. The SMILES string of the molecule is Cn1cc(N2CCC[C@@H](Nc3ccc([N+](=O)[O-])cc3)C2)cn1. The fourth-order valence-electron chi connectivity index (χ4n) is 2.82. The van der Waals surface area contributed by atoms with Gasteiger partial charge in [0, 0.05) is 50.2 Å². The van der Waals surface area contributed by atoms with Crippen molar-refractivity contribution in [2.45, 2.75) is 18.9 Å². The van der Waals surface area contributed by atoms with Crippen molar-refractivity contribution >= 4 is 17.1 Å². The van der Waals surface area contributed by atoms with Crippen molar-refractivity contribution in [3.63, 3.8) is 0 Å². The quantitative estimate of drug-likeness (QED) is 0.693. The number of hydrogen-bond acceptors (Lipinski definition) is 5. The molecule has 2 heterocycles. The fourth-order valence-corrected chi connectivity index (χ4v) is 2.82. The Morgan fingerprint density at radius 1 is 1.36 bits per heavy atom. The number of aromatic nitrogens is 2. The van der Waals surface area contributed by atoms with Gasteiger partial charge in [0.2, 0.25) is 0 Å². The highest BCUT2D eigenvalue weighted by Gasteiger charge is 2.21. The number of nitrogens with one attached hydrogen (secondary N) is 1. The first-order chi connectivity index (χ1) is 10.6. The van der Waals surface area contributed by atoms with E-state index in [0.717, 1.165) is 37.3 Å². The van der Waals surface area contributed by atoms with E-state index in [1.54, 1.807) is 12.1 Å². The molecule has 116 valence electrons. The highest BCUT2D eigenvalue weighted by atomic mass is 16.6. The van der Waals surface area contributed by atoms with E-state index in [2.05, 4.69) is 15.3 Å². The Morgan fingerprint density at radius 3 is 2.77 bits per heavy atom. The standard InChI is InChI=1S/C15H19N5O2/c1-18-11-15(9-16-18)19-8-2-3-13(10-19)17-12-4-6-14(7-5-12)20(21)22/h4-7,9,11,13,17H,2-3,8,10H2,1H3/t13-/m1/s1. The Balaban J connectivity index is 1.63. The van der Waals surface area contributed by atoms with E-state index in [9.17, 15) is 10.1 Å². The monoisotopic (exact) mass is 301 g/mol. The Hall–Kier alpha value is -2.57. The van der Waals surface area contributed by atoms with E-state index in [1.165, 1.54) is 12.1 Å². The Morgan fingerprint density at radius 2 is 2.14 bits per heavy atom. The maximum atomic E-state index is 10.7. The Kier molecular flexibility index (Phi) is 3.95. The second kappa shape index (κ2) is 6.05. The molecule has 1 aromatic carbocycles. The second-order valence-electron chi connectivity index (χ2n) is 5.61. The molecule has 3 rings (SSSR count). The lowest BCUT2D eigenvalue weighted by Crippen LogP contribution is -2.42. The first-order valence-corrected chi connectivity index (χ1v) is 7.36. The Labute approximate surface area is 128 Å². The van der Waals surface area contributed by atoms with E-state index in [-0.39, 0.29) is 10.6 Å². The molecule has 7 heteroatoms. The summed E-state index contributed by atoms with van der Waals surface area (Å²) in [7, 11) is 1.92. The number of nitro benzene ring substituents is 1. The molecule has 1 aromatic heterocycles. The number of hydrogen-bond donors (Lipinski definition) is 1. The van der Waals surface area contributed by atoms with E-state index >= 15 is 0 Å². The van der Waals surface area contributed by atoms with Gasteiger partial charge >= 0.3 is 0 Å². The van der Waals surface area contributed by atoms with Crippen LogP contribution >= 0.6 is 0 Å². The molecule has 0 aliphatic carbocycles. The molecule has 0 spiro atoms. The van der Waals surface area contributed by atoms with Crippen molar-refractivity contribution in [1.29, 1.82) is 0 Å². The van der Waals surface area contributed by atoms with Gasteiger partial charge in [0.1, 0.15) is 0 Å². The first-order valence-electron chi connectivity index (χ1n) is 7.36. The number of nitro groups is 1. The van der Waals surface area contributed by atoms with Crippen LogP contribution in [-0.4, -0.2) is 33.8 Å². The molecule has 0 bridgehead atoms. The maximum Gasteiger partial charge on any atom is 0.269 e. The summed E-state index contributed by atoms with van der Waals surface area (Å²) in [6.07, 6.45) is 6.11. The highest BCUT2D eigenvalue weighted by molar-refractivity contribution is 5.50. The van der Waals surface area contributed by atoms with Crippen molar-refractivity contribution < 1.29 is 4.92 Å². The molecule has 0 saturated carbocycles. The molecule has 2 aromatic rings.